The summed E-state index contributed by atoms with van der Waals surface area (Å²) in [6, 6.07) is 11.2. The third-order valence-corrected chi connectivity index (χ3v) is 5.17. The molecule has 1 aromatic carbocycles. The smallest absolute Gasteiger partial charge is 0.255 e. The van der Waals surface area contributed by atoms with Gasteiger partial charge in [0.1, 0.15) is 0 Å². The predicted octanol–water partition coefficient (Wildman–Crippen LogP) is 3.02. The number of hydrogen-bond acceptors (Lipinski definition) is 6. The van der Waals surface area contributed by atoms with Gasteiger partial charge in [-0.1, -0.05) is 0 Å². The van der Waals surface area contributed by atoms with E-state index in [2.05, 4.69) is 4.98 Å². The Morgan fingerprint density at radius 2 is 1.80 bits per heavy atom. The molecule has 1 aliphatic heterocycles. The van der Waals surface area contributed by atoms with Crippen LogP contribution < -0.4 is 14.2 Å². The van der Waals surface area contributed by atoms with Gasteiger partial charge in [0, 0.05) is 30.9 Å². The Labute approximate surface area is 175 Å². The van der Waals surface area contributed by atoms with E-state index in [4.69, 9.17) is 19.3 Å². The van der Waals surface area contributed by atoms with Gasteiger partial charge in [0.15, 0.2) is 11.5 Å². The molecule has 0 fully saturated rings. The van der Waals surface area contributed by atoms with E-state index in [-0.39, 0.29) is 5.91 Å². The normalized spacial score (nSPS) is 13.4. The molecule has 0 atom stereocenters. The first-order chi connectivity index (χ1) is 14.6. The number of pyridine rings is 1. The number of aryl methyl sites for hydroxylation is 1. The number of carbonyl (C=O) groups excluding carboxylic acids is 1. The van der Waals surface area contributed by atoms with Gasteiger partial charge in [-0.2, -0.15) is 5.10 Å². The molecule has 3 aromatic rings. The number of aromatic nitrogens is 3. The van der Waals surface area contributed by atoms with Crippen LogP contribution in [0.5, 0.6) is 17.4 Å². The minimum atomic E-state index is -0.0486. The van der Waals surface area contributed by atoms with Crippen LogP contribution in [0.25, 0.3) is 11.3 Å². The summed E-state index contributed by atoms with van der Waals surface area (Å²) in [5, 5.41) is 4.75. The number of hydrogen-bond donors (Lipinski definition) is 0. The van der Waals surface area contributed by atoms with E-state index < -0.39 is 0 Å². The molecular weight excluding hydrogens is 384 g/mol. The molecule has 4 rings (SSSR count). The third kappa shape index (κ3) is 3.80. The molecule has 0 radical (unpaired) electrons. The van der Waals surface area contributed by atoms with Crippen molar-refractivity contribution < 1.29 is 19.0 Å². The van der Waals surface area contributed by atoms with E-state index in [9.17, 15) is 4.79 Å². The maximum atomic E-state index is 13.0. The highest BCUT2D eigenvalue weighted by Crippen LogP contribution is 2.32. The molecule has 0 spiro atoms. The third-order valence-electron chi connectivity index (χ3n) is 5.17. The zero-order chi connectivity index (χ0) is 21.1. The second-order valence-corrected chi connectivity index (χ2v) is 6.98. The van der Waals surface area contributed by atoms with Crippen molar-refractivity contribution in [2.75, 3.05) is 27.9 Å². The first-order valence-electron chi connectivity index (χ1n) is 9.71. The zero-order valence-electron chi connectivity index (χ0n) is 17.3. The van der Waals surface area contributed by atoms with Crippen LogP contribution in [0.1, 0.15) is 22.5 Å². The molecule has 3 heterocycles. The molecule has 8 nitrogen and oxygen atoms in total. The summed E-state index contributed by atoms with van der Waals surface area (Å²) < 4.78 is 17.8. The molecule has 0 N–H and O–H groups in total. The Bertz CT molecular complexity index is 1050. The quantitative estimate of drug-likeness (QED) is 0.646. The van der Waals surface area contributed by atoms with E-state index in [0.717, 1.165) is 29.9 Å². The molecule has 0 unspecified atom stereocenters. The number of ether oxygens (including phenoxy) is 3. The van der Waals surface area contributed by atoms with Crippen LogP contribution in [0.2, 0.25) is 0 Å². The fourth-order valence-electron chi connectivity index (χ4n) is 3.58. The number of benzene rings is 1. The Morgan fingerprint density at radius 1 is 0.967 bits per heavy atom. The largest absolute Gasteiger partial charge is 0.493 e. The van der Waals surface area contributed by atoms with Crippen molar-refractivity contribution in [3.05, 3.63) is 53.9 Å². The first-order valence-corrected chi connectivity index (χ1v) is 9.71. The molecule has 8 heteroatoms. The van der Waals surface area contributed by atoms with Crippen LogP contribution in [0.15, 0.2) is 42.6 Å². The van der Waals surface area contributed by atoms with Crippen LogP contribution >= 0.6 is 0 Å². The van der Waals surface area contributed by atoms with Crippen molar-refractivity contribution >= 4 is 5.91 Å². The van der Waals surface area contributed by atoms with Crippen molar-refractivity contribution in [1.82, 2.24) is 19.7 Å². The summed E-state index contributed by atoms with van der Waals surface area (Å²) in [6.07, 6.45) is 2.38. The minimum absolute atomic E-state index is 0.0486. The average Bonchev–Trinajstić information content (AvgIpc) is 3.09. The van der Waals surface area contributed by atoms with Gasteiger partial charge in [0.25, 0.3) is 5.91 Å². The van der Waals surface area contributed by atoms with Crippen molar-refractivity contribution in [2.45, 2.75) is 19.5 Å². The Balaban J connectivity index is 1.58. The van der Waals surface area contributed by atoms with E-state index in [1.165, 1.54) is 0 Å². The minimum Gasteiger partial charge on any atom is -0.493 e. The monoisotopic (exact) mass is 408 g/mol. The first kappa shape index (κ1) is 19.8. The number of nitrogens with zero attached hydrogens (tertiary/aromatic N) is 4. The molecule has 0 bridgehead atoms. The molecule has 156 valence electrons. The SMILES string of the molecule is COc1ccc(C(=O)N2CCCn3nc(-c4ccc(OC)c(OC)c4)cc3C2)cn1. The number of rotatable bonds is 5. The highest BCUT2D eigenvalue weighted by atomic mass is 16.5. The highest BCUT2D eigenvalue weighted by molar-refractivity contribution is 5.94. The van der Waals surface area contributed by atoms with Crippen LogP contribution in [-0.4, -0.2) is 53.4 Å². The molecule has 2 aromatic heterocycles. The van der Waals surface area contributed by atoms with Crippen molar-refractivity contribution in [2.24, 2.45) is 0 Å². The van der Waals surface area contributed by atoms with E-state index in [1.807, 2.05) is 33.8 Å². The lowest BCUT2D eigenvalue weighted by Crippen LogP contribution is -2.30. The van der Waals surface area contributed by atoms with Gasteiger partial charge in [-0.25, -0.2) is 4.98 Å². The predicted molar refractivity (Wildman–Crippen MR) is 111 cm³/mol. The summed E-state index contributed by atoms with van der Waals surface area (Å²) in [7, 11) is 4.78. The summed E-state index contributed by atoms with van der Waals surface area (Å²) in [6.45, 7) is 1.92. The van der Waals surface area contributed by atoms with E-state index in [1.54, 1.807) is 39.7 Å². The van der Waals surface area contributed by atoms with Crippen molar-refractivity contribution in [1.29, 1.82) is 0 Å². The topological polar surface area (TPSA) is 78.7 Å². The molecule has 0 aliphatic carbocycles. The number of methoxy groups -OCH3 is 3. The molecule has 0 saturated heterocycles. The van der Waals surface area contributed by atoms with Gasteiger partial charge in [-0.15, -0.1) is 0 Å². The molecule has 1 aliphatic rings. The number of fused-ring (bicyclic) bond motifs is 1. The van der Waals surface area contributed by atoms with Crippen LogP contribution in [0, 0.1) is 0 Å². The van der Waals surface area contributed by atoms with Crippen LogP contribution in [0.3, 0.4) is 0 Å². The summed E-state index contributed by atoms with van der Waals surface area (Å²) in [5.74, 6) is 1.77. The molecule has 1 amide bonds. The van der Waals surface area contributed by atoms with Crippen molar-refractivity contribution in [3.8, 4) is 28.6 Å². The van der Waals surface area contributed by atoms with E-state index >= 15 is 0 Å². The lowest BCUT2D eigenvalue weighted by atomic mass is 10.1. The summed E-state index contributed by atoms with van der Waals surface area (Å²) in [5.41, 5.74) is 3.31. The lowest BCUT2D eigenvalue weighted by molar-refractivity contribution is 0.0745. The fraction of sp³-hybridized carbons (Fsp3) is 0.318. The average molecular weight is 408 g/mol. The van der Waals surface area contributed by atoms with Crippen molar-refractivity contribution in [3.63, 3.8) is 0 Å². The number of amides is 1. The van der Waals surface area contributed by atoms with Crippen LogP contribution in [0.4, 0.5) is 0 Å². The van der Waals surface area contributed by atoms with Gasteiger partial charge in [-0.3, -0.25) is 9.48 Å². The zero-order valence-corrected chi connectivity index (χ0v) is 17.3. The maximum Gasteiger partial charge on any atom is 0.255 e. The van der Waals surface area contributed by atoms with Gasteiger partial charge in [-0.05, 0) is 36.8 Å². The van der Waals surface area contributed by atoms with Gasteiger partial charge in [0.05, 0.1) is 44.8 Å². The molecule has 30 heavy (non-hydrogen) atoms. The second-order valence-electron chi connectivity index (χ2n) is 6.98. The summed E-state index contributed by atoms with van der Waals surface area (Å²) in [4.78, 5) is 19.0. The van der Waals surface area contributed by atoms with Crippen LogP contribution in [-0.2, 0) is 13.1 Å². The molecule has 0 saturated carbocycles. The van der Waals surface area contributed by atoms with Gasteiger partial charge >= 0.3 is 0 Å². The lowest BCUT2D eigenvalue weighted by Gasteiger charge is -2.20. The highest BCUT2D eigenvalue weighted by Gasteiger charge is 2.22. The Hall–Kier alpha value is -3.55. The van der Waals surface area contributed by atoms with Gasteiger partial charge < -0.3 is 19.1 Å². The Morgan fingerprint density at radius 3 is 2.50 bits per heavy atom. The van der Waals surface area contributed by atoms with Gasteiger partial charge in [0.2, 0.25) is 5.88 Å². The fourth-order valence-corrected chi connectivity index (χ4v) is 3.58. The Kier molecular flexibility index (Phi) is 5.56. The second kappa shape index (κ2) is 8.44. The summed E-state index contributed by atoms with van der Waals surface area (Å²) >= 11 is 0. The molecular formula is C22H24N4O4. The maximum absolute atomic E-state index is 13.0. The standard InChI is InChI=1S/C22H24N4O4/c1-28-19-7-5-15(11-20(19)29-2)18-12-17-14-25(9-4-10-26(17)24-18)22(27)16-6-8-21(30-3)23-13-16/h5-8,11-13H,4,9-10,14H2,1-3H3. The number of carbonyl (C=O) groups is 1. The van der Waals surface area contributed by atoms with E-state index in [0.29, 0.717) is 36.0 Å².